The molecule has 0 atom stereocenters. The molecule has 0 aliphatic heterocycles. The van der Waals surface area contributed by atoms with Gasteiger partial charge in [-0.15, -0.1) is 0 Å². The van der Waals surface area contributed by atoms with Gasteiger partial charge in [-0.05, 0) is 256 Å². The van der Waals surface area contributed by atoms with Gasteiger partial charge in [-0.3, -0.25) is 0 Å². The van der Waals surface area contributed by atoms with Crippen molar-refractivity contribution >= 4 is 108 Å². The summed E-state index contributed by atoms with van der Waals surface area (Å²) >= 11 is 0. The molecule has 28 rings (SSSR count). The van der Waals surface area contributed by atoms with Crippen LogP contribution in [0.15, 0.2) is 558 Å². The van der Waals surface area contributed by atoms with Crippen molar-refractivity contribution in [2.75, 3.05) is 0 Å². The molecule has 0 spiro atoms. The molecule has 0 aliphatic carbocycles. The van der Waals surface area contributed by atoms with Crippen LogP contribution in [0.5, 0.6) is 0 Å². The molecule has 2 aromatic heterocycles. The van der Waals surface area contributed by atoms with Crippen molar-refractivity contribution in [3.8, 4) is 179 Å². The first kappa shape index (κ1) is 87.5. The second-order valence-electron chi connectivity index (χ2n) is 38.3. The zero-order valence-electron chi connectivity index (χ0n) is 80.9. The van der Waals surface area contributed by atoms with E-state index < -0.39 is 0 Å². The average molecular weight is 1880 g/mol. The van der Waals surface area contributed by atoms with E-state index in [1.54, 1.807) is 0 Å². The zero-order valence-corrected chi connectivity index (χ0v) is 80.9. The first-order valence-corrected chi connectivity index (χ1v) is 50.8. The van der Waals surface area contributed by atoms with E-state index in [-0.39, 0.29) is 0 Å². The molecule has 0 saturated carbocycles. The molecule has 0 radical (unpaired) electrons. The topological polar surface area (TPSA) is 51.6 Å². The first-order chi connectivity index (χ1) is 73.4. The number of hydrogen-bond donors (Lipinski definition) is 0. The predicted octanol–water partition coefficient (Wildman–Crippen LogP) is 39.2. The van der Waals surface area contributed by atoms with E-state index in [4.69, 9.17) is 19.9 Å². The molecule has 26 aromatic carbocycles. The third-order valence-electron chi connectivity index (χ3n) is 29.7. The molecule has 0 N–H and O–H groups in total. The Bertz CT molecular complexity index is 9210. The van der Waals surface area contributed by atoms with Gasteiger partial charge >= 0.3 is 0 Å². The molecule has 0 aliphatic rings. The highest BCUT2D eigenvalue weighted by Gasteiger charge is 2.26. The highest BCUT2D eigenvalue weighted by molar-refractivity contribution is 6.26. The molecule has 2 heterocycles. The van der Waals surface area contributed by atoms with Crippen LogP contribution in [0.4, 0.5) is 0 Å². The molecule has 0 bridgehead atoms. The highest BCUT2D eigenvalue weighted by atomic mass is 14.8. The van der Waals surface area contributed by atoms with Crippen LogP contribution in [0.25, 0.3) is 287 Å². The van der Waals surface area contributed by atoms with Crippen LogP contribution in [-0.2, 0) is 0 Å². The van der Waals surface area contributed by atoms with Crippen molar-refractivity contribution in [1.29, 1.82) is 0 Å². The fraction of sp³-hybridized carbons (Fsp3) is 0. The quantitative estimate of drug-likeness (QED) is 0.0905. The summed E-state index contributed by atoms with van der Waals surface area (Å²) in [5, 5.41) is 19.6. The lowest BCUT2D eigenvalue weighted by atomic mass is 9.85. The number of hydrogen-bond acceptors (Lipinski definition) is 4. The summed E-state index contributed by atoms with van der Waals surface area (Å²) in [5.74, 6) is 0. The monoisotopic (exact) mass is 1880 g/mol. The van der Waals surface area contributed by atoms with Gasteiger partial charge in [-0.2, -0.15) is 0 Å². The number of benzene rings is 26. The molecule has 0 amide bonds. The van der Waals surface area contributed by atoms with E-state index in [0.717, 1.165) is 89.4 Å². The minimum absolute atomic E-state index is 0.851. The van der Waals surface area contributed by atoms with Crippen molar-refractivity contribution < 1.29 is 0 Å². The van der Waals surface area contributed by atoms with Gasteiger partial charge < -0.3 is 0 Å². The standard InChI is InChI=1S/2C72H46N2/c1-3-19-47(20-4-1)53-23-17-25-55(45-53)69-61-31-11-7-27-57(61)67(58-28-8-12-32-62(58)69)49-37-41-51(42-38-49)71-72(74-66-36-16-15-35-65(66)73-71)52-43-39-50(40-44-52)68-59-29-9-13-33-63(59)70(64-34-14-10-30-60(64)68)56-26-18-24-54(46-56)48-21-5-2-6-22-48;1-3-17-47(18-4-1)49-31-35-51(36-32-49)67-57-21-7-11-25-61(57)69(62-26-12-8-22-58(62)67)53-39-43-55(44-40-53)71-72(74-66-30-16-15-29-65(66)73-71)56-45-41-54(42-46-56)70-63-27-13-9-23-59(63)68(60-24-10-14-28-64(60)70)52-37-33-50(34-38-52)48-19-5-2-6-20-48/h2*1-46H. The third kappa shape index (κ3) is 15.8. The first-order valence-electron chi connectivity index (χ1n) is 50.8. The number of nitrogens with zero attached hydrogens (tertiary/aromatic N) is 4. The summed E-state index contributed by atoms with van der Waals surface area (Å²) in [6, 6.07) is 202. The molecule has 688 valence electrons. The van der Waals surface area contributed by atoms with Crippen LogP contribution in [0.3, 0.4) is 0 Å². The number of rotatable bonds is 16. The summed E-state index contributed by atoms with van der Waals surface area (Å²) < 4.78 is 0. The van der Waals surface area contributed by atoms with Gasteiger partial charge in [0.2, 0.25) is 0 Å². The van der Waals surface area contributed by atoms with Gasteiger partial charge in [0.15, 0.2) is 0 Å². The van der Waals surface area contributed by atoms with Gasteiger partial charge in [-0.1, -0.05) is 522 Å². The lowest BCUT2D eigenvalue weighted by Crippen LogP contribution is -1.96. The minimum atomic E-state index is 0.851. The van der Waals surface area contributed by atoms with Gasteiger partial charge in [0.1, 0.15) is 0 Å². The molecule has 4 heteroatoms. The highest BCUT2D eigenvalue weighted by Crippen LogP contribution is 2.52. The number of aromatic nitrogens is 4. The molecule has 0 unspecified atom stereocenters. The molecule has 0 saturated heterocycles. The van der Waals surface area contributed by atoms with E-state index in [0.29, 0.717) is 0 Å². The molecule has 148 heavy (non-hydrogen) atoms. The largest absolute Gasteiger partial charge is 0.244 e. The van der Waals surface area contributed by atoms with Crippen molar-refractivity contribution in [3.63, 3.8) is 0 Å². The Morgan fingerprint density at radius 1 is 0.0811 bits per heavy atom. The third-order valence-corrected chi connectivity index (χ3v) is 29.7. The second kappa shape index (κ2) is 37.7. The van der Waals surface area contributed by atoms with Gasteiger partial charge in [0, 0.05) is 22.3 Å². The Balaban J connectivity index is 0.000000146. The Morgan fingerprint density at radius 3 is 0.385 bits per heavy atom. The van der Waals surface area contributed by atoms with Crippen molar-refractivity contribution in [1.82, 2.24) is 19.9 Å². The summed E-state index contributed by atoms with van der Waals surface area (Å²) in [5.41, 5.74) is 39.9. The van der Waals surface area contributed by atoms with Crippen molar-refractivity contribution in [2.24, 2.45) is 0 Å². The Morgan fingerprint density at radius 2 is 0.203 bits per heavy atom. The summed E-state index contributed by atoms with van der Waals surface area (Å²) in [4.78, 5) is 21.4. The number of para-hydroxylation sites is 4. The van der Waals surface area contributed by atoms with E-state index in [2.05, 4.69) is 534 Å². The Kier molecular flexibility index (Phi) is 22.3. The SMILES string of the molecule is c1ccc(-c2ccc(-c3c4ccccc4c(-c4ccc(-c5nc6ccccc6nc5-c5ccc(-c6c7ccccc7c(-c7ccc(-c8ccccc8)cc7)c7ccccc67)cc5)cc4)c4ccccc34)cc2)cc1.c1ccc(-c2cccc(-c3c4ccccc4c(-c4ccc(-c5nc6ccccc6nc5-c5ccc(-c6c7ccccc7c(-c7cccc(-c8ccccc8)c7)c7ccccc67)cc5)cc4)c4ccccc34)c2)cc1. The molecule has 0 fully saturated rings. The second-order valence-corrected chi connectivity index (χ2v) is 38.3. The van der Waals surface area contributed by atoms with E-state index in [9.17, 15) is 0 Å². The van der Waals surface area contributed by atoms with Crippen LogP contribution in [0, 0.1) is 0 Å². The van der Waals surface area contributed by atoms with Crippen LogP contribution < -0.4 is 0 Å². The number of fused-ring (bicyclic) bond motifs is 10. The van der Waals surface area contributed by atoms with Gasteiger partial charge in [0.25, 0.3) is 0 Å². The van der Waals surface area contributed by atoms with Crippen molar-refractivity contribution in [2.45, 2.75) is 0 Å². The molecular formula is C144H92N4. The molecular weight excluding hydrogens is 1790 g/mol. The van der Waals surface area contributed by atoms with Crippen LogP contribution >= 0.6 is 0 Å². The van der Waals surface area contributed by atoms with Gasteiger partial charge in [0.05, 0.1) is 44.8 Å². The lowest BCUT2D eigenvalue weighted by molar-refractivity contribution is 1.29. The zero-order chi connectivity index (χ0) is 97.9. The predicted molar refractivity (Wildman–Crippen MR) is 626 cm³/mol. The fourth-order valence-corrected chi connectivity index (χ4v) is 22.9. The summed E-state index contributed by atoms with van der Waals surface area (Å²) in [6.45, 7) is 0. The Labute approximate surface area is 858 Å². The van der Waals surface area contributed by atoms with Crippen molar-refractivity contribution in [3.05, 3.63) is 558 Å². The Hall–Kier alpha value is -19.5. The lowest BCUT2D eigenvalue weighted by Gasteiger charge is -2.19. The van der Waals surface area contributed by atoms with Gasteiger partial charge in [-0.25, -0.2) is 19.9 Å². The van der Waals surface area contributed by atoms with E-state index in [1.807, 2.05) is 24.3 Å². The molecule has 4 nitrogen and oxygen atoms in total. The normalized spacial score (nSPS) is 11.5. The van der Waals surface area contributed by atoms with Crippen LogP contribution in [-0.4, -0.2) is 19.9 Å². The van der Waals surface area contributed by atoms with Crippen LogP contribution in [0.1, 0.15) is 0 Å². The maximum absolute atomic E-state index is 5.36. The maximum atomic E-state index is 5.36. The average Bonchev–Trinajstić information content (AvgIpc) is 0.741. The fourth-order valence-electron chi connectivity index (χ4n) is 22.9. The molecule has 28 aromatic rings. The van der Waals surface area contributed by atoms with Crippen LogP contribution in [0.2, 0.25) is 0 Å². The summed E-state index contributed by atoms with van der Waals surface area (Å²) in [6.07, 6.45) is 0. The summed E-state index contributed by atoms with van der Waals surface area (Å²) in [7, 11) is 0. The van der Waals surface area contributed by atoms with E-state index >= 15 is 0 Å². The van der Waals surface area contributed by atoms with E-state index in [1.165, 1.54) is 197 Å². The maximum Gasteiger partial charge on any atom is 0.0973 e. The minimum Gasteiger partial charge on any atom is -0.244 e. The smallest absolute Gasteiger partial charge is 0.0973 e.